The molecule has 0 fully saturated rings. The van der Waals surface area contributed by atoms with Gasteiger partial charge in [-0.05, 0) is 6.42 Å². The smallest absolute Gasteiger partial charge is 0.347 e. The lowest BCUT2D eigenvalue weighted by molar-refractivity contribution is 0.0701. The standard InChI is InChI=1S/C7H10N2O2S/c1-2-5-9-4(3-8)6(12-5)7(10)11/h2-3,8H2,1H3,(H,10,11). The van der Waals surface area contributed by atoms with E-state index in [9.17, 15) is 4.79 Å². The van der Waals surface area contributed by atoms with Crippen LogP contribution in [0.5, 0.6) is 0 Å². The van der Waals surface area contributed by atoms with Gasteiger partial charge in [0.15, 0.2) is 0 Å². The molecular formula is C7H10N2O2S. The van der Waals surface area contributed by atoms with Gasteiger partial charge in [-0.3, -0.25) is 0 Å². The average Bonchev–Trinajstić information content (AvgIpc) is 2.47. The van der Waals surface area contributed by atoms with Crippen LogP contribution in [0, 0.1) is 0 Å². The summed E-state index contributed by atoms with van der Waals surface area (Å²) in [5, 5.41) is 9.55. The number of rotatable bonds is 3. The minimum atomic E-state index is -0.937. The summed E-state index contributed by atoms with van der Waals surface area (Å²) in [7, 11) is 0. The quantitative estimate of drug-likeness (QED) is 0.734. The van der Waals surface area contributed by atoms with Crippen molar-refractivity contribution in [2.45, 2.75) is 19.9 Å². The van der Waals surface area contributed by atoms with E-state index in [1.807, 2.05) is 6.92 Å². The summed E-state index contributed by atoms with van der Waals surface area (Å²) < 4.78 is 0. The molecule has 0 aliphatic carbocycles. The molecule has 1 aromatic rings. The fourth-order valence-electron chi connectivity index (χ4n) is 0.857. The zero-order valence-electron chi connectivity index (χ0n) is 6.70. The highest BCUT2D eigenvalue weighted by Gasteiger charge is 2.14. The van der Waals surface area contributed by atoms with E-state index >= 15 is 0 Å². The van der Waals surface area contributed by atoms with Gasteiger partial charge in [0.2, 0.25) is 0 Å². The zero-order chi connectivity index (χ0) is 9.14. The second-order valence-corrected chi connectivity index (χ2v) is 3.33. The lowest BCUT2D eigenvalue weighted by Crippen LogP contribution is -2.04. The molecule has 1 rings (SSSR count). The zero-order valence-corrected chi connectivity index (χ0v) is 7.52. The van der Waals surface area contributed by atoms with Crippen molar-refractivity contribution in [1.82, 2.24) is 4.98 Å². The molecule has 0 aliphatic rings. The molecule has 0 bridgehead atoms. The first-order valence-electron chi connectivity index (χ1n) is 3.61. The lowest BCUT2D eigenvalue weighted by atomic mass is 10.3. The van der Waals surface area contributed by atoms with Gasteiger partial charge in [0, 0.05) is 6.54 Å². The molecule has 0 atom stereocenters. The van der Waals surface area contributed by atoms with Gasteiger partial charge < -0.3 is 10.8 Å². The van der Waals surface area contributed by atoms with Crippen LogP contribution in [0.25, 0.3) is 0 Å². The van der Waals surface area contributed by atoms with Crippen LogP contribution in [-0.4, -0.2) is 16.1 Å². The maximum absolute atomic E-state index is 10.6. The summed E-state index contributed by atoms with van der Waals surface area (Å²) in [6.07, 6.45) is 0.755. The number of carboxylic acids is 1. The molecule has 1 aromatic heterocycles. The molecule has 0 radical (unpaired) electrons. The Kier molecular flexibility index (Phi) is 2.78. The molecule has 0 unspecified atom stereocenters. The predicted octanol–water partition coefficient (Wildman–Crippen LogP) is 0.862. The van der Waals surface area contributed by atoms with Crippen LogP contribution in [0.15, 0.2) is 0 Å². The first-order chi connectivity index (χ1) is 5.69. The van der Waals surface area contributed by atoms with Crippen LogP contribution in [0.3, 0.4) is 0 Å². The topological polar surface area (TPSA) is 76.2 Å². The van der Waals surface area contributed by atoms with Gasteiger partial charge in [-0.2, -0.15) is 0 Å². The van der Waals surface area contributed by atoms with Gasteiger partial charge >= 0.3 is 5.97 Å². The Hall–Kier alpha value is -0.940. The molecular weight excluding hydrogens is 176 g/mol. The third-order valence-electron chi connectivity index (χ3n) is 1.43. The van der Waals surface area contributed by atoms with Gasteiger partial charge in [0.25, 0.3) is 0 Å². The van der Waals surface area contributed by atoms with Gasteiger partial charge in [-0.15, -0.1) is 11.3 Å². The van der Waals surface area contributed by atoms with Crippen LogP contribution < -0.4 is 5.73 Å². The van der Waals surface area contributed by atoms with E-state index in [1.54, 1.807) is 0 Å². The number of hydrogen-bond donors (Lipinski definition) is 2. The Labute approximate surface area is 74.0 Å². The summed E-state index contributed by atoms with van der Waals surface area (Å²) in [5.41, 5.74) is 5.83. The van der Waals surface area contributed by atoms with E-state index in [-0.39, 0.29) is 11.4 Å². The minimum absolute atomic E-state index is 0.193. The lowest BCUT2D eigenvalue weighted by Gasteiger charge is -1.89. The Bertz CT molecular complexity index is 296. The molecule has 12 heavy (non-hydrogen) atoms. The van der Waals surface area contributed by atoms with Gasteiger partial charge in [0.1, 0.15) is 4.88 Å². The third-order valence-corrected chi connectivity index (χ3v) is 2.66. The van der Waals surface area contributed by atoms with Crippen LogP contribution in [-0.2, 0) is 13.0 Å². The molecule has 66 valence electrons. The number of aromatic carboxylic acids is 1. The second-order valence-electron chi connectivity index (χ2n) is 2.25. The number of carbonyl (C=O) groups is 1. The molecule has 4 nitrogen and oxygen atoms in total. The Morgan fingerprint density at radius 2 is 2.42 bits per heavy atom. The van der Waals surface area contributed by atoms with E-state index in [0.29, 0.717) is 5.69 Å². The number of nitrogens with zero attached hydrogens (tertiary/aromatic N) is 1. The van der Waals surface area contributed by atoms with Crippen molar-refractivity contribution in [2.75, 3.05) is 0 Å². The van der Waals surface area contributed by atoms with Crippen molar-refractivity contribution in [3.8, 4) is 0 Å². The van der Waals surface area contributed by atoms with Crippen LogP contribution >= 0.6 is 11.3 Å². The summed E-state index contributed by atoms with van der Waals surface area (Å²) in [6, 6.07) is 0. The number of thiazole rings is 1. The highest BCUT2D eigenvalue weighted by Crippen LogP contribution is 2.18. The van der Waals surface area contributed by atoms with E-state index in [1.165, 1.54) is 11.3 Å². The maximum atomic E-state index is 10.6. The minimum Gasteiger partial charge on any atom is -0.477 e. The monoisotopic (exact) mass is 186 g/mol. The fraction of sp³-hybridized carbons (Fsp3) is 0.429. The summed E-state index contributed by atoms with van der Waals surface area (Å²) in [4.78, 5) is 15.0. The molecule has 0 saturated heterocycles. The van der Waals surface area contributed by atoms with Gasteiger partial charge in [-0.1, -0.05) is 6.92 Å². The molecule has 0 aliphatic heterocycles. The Morgan fingerprint density at radius 1 is 1.75 bits per heavy atom. The van der Waals surface area contributed by atoms with Crippen LogP contribution in [0.2, 0.25) is 0 Å². The van der Waals surface area contributed by atoms with Crippen molar-refractivity contribution in [3.05, 3.63) is 15.6 Å². The molecule has 0 amide bonds. The van der Waals surface area contributed by atoms with Crippen molar-refractivity contribution in [2.24, 2.45) is 5.73 Å². The van der Waals surface area contributed by atoms with E-state index < -0.39 is 5.97 Å². The SMILES string of the molecule is CCc1nc(CN)c(C(=O)O)s1. The number of nitrogens with two attached hydrogens (primary N) is 1. The highest BCUT2D eigenvalue weighted by molar-refractivity contribution is 7.13. The second kappa shape index (κ2) is 3.64. The van der Waals surface area contributed by atoms with Crippen molar-refractivity contribution in [1.29, 1.82) is 0 Å². The molecule has 5 heteroatoms. The van der Waals surface area contributed by atoms with Gasteiger partial charge in [0.05, 0.1) is 10.7 Å². The van der Waals surface area contributed by atoms with Crippen LogP contribution in [0.1, 0.15) is 27.3 Å². The molecule has 3 N–H and O–H groups in total. The first kappa shape index (κ1) is 9.15. The number of aromatic nitrogens is 1. The number of aryl methyl sites for hydroxylation is 1. The largest absolute Gasteiger partial charge is 0.477 e. The average molecular weight is 186 g/mol. The summed E-state index contributed by atoms with van der Waals surface area (Å²) in [5.74, 6) is -0.937. The maximum Gasteiger partial charge on any atom is 0.347 e. The van der Waals surface area contributed by atoms with Crippen LogP contribution in [0.4, 0.5) is 0 Å². The summed E-state index contributed by atoms with van der Waals surface area (Å²) in [6.45, 7) is 2.13. The van der Waals surface area contributed by atoms with Crippen molar-refractivity contribution >= 4 is 17.3 Å². The van der Waals surface area contributed by atoms with Gasteiger partial charge in [-0.25, -0.2) is 9.78 Å². The predicted molar refractivity (Wildman–Crippen MR) is 46.3 cm³/mol. The Balaban J connectivity index is 3.08. The molecule has 0 saturated carbocycles. The highest BCUT2D eigenvalue weighted by atomic mass is 32.1. The van der Waals surface area contributed by atoms with E-state index in [4.69, 9.17) is 10.8 Å². The molecule has 0 aromatic carbocycles. The third kappa shape index (κ3) is 1.62. The normalized spacial score (nSPS) is 10.2. The summed E-state index contributed by atoms with van der Waals surface area (Å²) >= 11 is 1.20. The fourth-order valence-corrected chi connectivity index (χ4v) is 1.73. The molecule has 1 heterocycles. The first-order valence-corrected chi connectivity index (χ1v) is 4.42. The number of hydrogen-bond acceptors (Lipinski definition) is 4. The van der Waals surface area contributed by atoms with Crippen molar-refractivity contribution in [3.63, 3.8) is 0 Å². The number of carboxylic acid groups (broad SMARTS) is 1. The Morgan fingerprint density at radius 3 is 2.75 bits per heavy atom. The molecule has 0 spiro atoms. The van der Waals surface area contributed by atoms with E-state index in [0.717, 1.165) is 11.4 Å². The van der Waals surface area contributed by atoms with Crippen molar-refractivity contribution < 1.29 is 9.90 Å². The van der Waals surface area contributed by atoms with E-state index in [2.05, 4.69) is 4.98 Å².